The van der Waals surface area contributed by atoms with Gasteiger partial charge in [-0.3, -0.25) is 4.79 Å². The lowest BCUT2D eigenvalue weighted by atomic mass is 9.53. The number of nitrogens with one attached hydrogen (secondary N) is 2. The van der Waals surface area contributed by atoms with Crippen LogP contribution >= 0.6 is 11.8 Å². The zero-order valence-corrected chi connectivity index (χ0v) is 17.8. The monoisotopic (exact) mass is 407 g/mol. The van der Waals surface area contributed by atoms with Crippen molar-refractivity contribution in [3.8, 4) is 0 Å². The Labute approximate surface area is 177 Å². The van der Waals surface area contributed by atoms with Gasteiger partial charge in [0.25, 0.3) is 5.91 Å². The molecular formula is C24H29N3OS. The van der Waals surface area contributed by atoms with Crippen LogP contribution in [-0.2, 0) is 5.75 Å². The quantitative estimate of drug-likeness (QED) is 0.656. The lowest BCUT2D eigenvalue weighted by Crippen LogP contribution is -2.54. The number of hydrogen-bond donors (Lipinski definition) is 2. The number of carbonyl (C=O) groups is 1. The summed E-state index contributed by atoms with van der Waals surface area (Å²) in [5.41, 5.74) is 2.89. The molecular weight excluding hydrogens is 378 g/mol. The molecule has 5 heteroatoms. The molecule has 4 fully saturated rings. The molecule has 1 heterocycles. The first-order valence-electron chi connectivity index (χ1n) is 10.7. The minimum atomic E-state index is -0.0932. The van der Waals surface area contributed by atoms with E-state index in [0.29, 0.717) is 5.56 Å². The number of thioether (sulfide) groups is 1. The van der Waals surface area contributed by atoms with E-state index in [9.17, 15) is 4.79 Å². The Kier molecular flexibility index (Phi) is 5.02. The largest absolute Gasteiger partial charge is 0.365 e. The summed E-state index contributed by atoms with van der Waals surface area (Å²) < 4.78 is 0. The Morgan fingerprint density at radius 1 is 1.03 bits per heavy atom. The lowest BCUT2D eigenvalue weighted by Gasteiger charge is -2.57. The molecule has 0 aliphatic heterocycles. The highest BCUT2D eigenvalue weighted by Crippen LogP contribution is 2.56. The molecule has 2 aromatic rings. The van der Waals surface area contributed by atoms with Crippen LogP contribution in [0.15, 0.2) is 42.6 Å². The molecule has 4 bridgehead atoms. The van der Waals surface area contributed by atoms with Crippen molar-refractivity contribution >= 4 is 29.2 Å². The Morgan fingerprint density at radius 2 is 1.69 bits per heavy atom. The van der Waals surface area contributed by atoms with E-state index in [1.165, 1.54) is 44.1 Å². The van der Waals surface area contributed by atoms with Gasteiger partial charge in [0.1, 0.15) is 5.82 Å². The lowest BCUT2D eigenvalue weighted by molar-refractivity contribution is 0.0105. The van der Waals surface area contributed by atoms with Crippen molar-refractivity contribution < 1.29 is 4.79 Å². The second-order valence-corrected chi connectivity index (χ2v) is 10.2. The minimum absolute atomic E-state index is 0.0932. The van der Waals surface area contributed by atoms with Crippen LogP contribution in [0.3, 0.4) is 0 Å². The third-order valence-corrected chi connectivity index (χ3v) is 7.60. The summed E-state index contributed by atoms with van der Waals surface area (Å²) in [5, 5.41) is 6.75. The first kappa shape index (κ1) is 19.0. The maximum absolute atomic E-state index is 12.5. The second kappa shape index (κ2) is 7.67. The number of anilines is 2. The average molecular weight is 408 g/mol. The first-order chi connectivity index (χ1) is 14.1. The van der Waals surface area contributed by atoms with Crippen LogP contribution < -0.4 is 10.6 Å². The van der Waals surface area contributed by atoms with E-state index in [1.807, 2.05) is 36.4 Å². The minimum Gasteiger partial charge on any atom is -0.365 e. The first-order valence-corrected chi connectivity index (χ1v) is 12.1. The van der Waals surface area contributed by atoms with Crippen molar-refractivity contribution in [3.05, 3.63) is 53.7 Å². The topological polar surface area (TPSA) is 54.0 Å². The summed E-state index contributed by atoms with van der Waals surface area (Å²) in [7, 11) is 0. The molecule has 6 rings (SSSR count). The molecule has 1 aromatic carbocycles. The smallest absolute Gasteiger partial charge is 0.255 e. The van der Waals surface area contributed by atoms with Gasteiger partial charge in [0.05, 0.1) is 11.9 Å². The third kappa shape index (κ3) is 4.02. The fourth-order valence-electron chi connectivity index (χ4n) is 6.20. The van der Waals surface area contributed by atoms with Crippen molar-refractivity contribution in [2.45, 2.75) is 49.8 Å². The molecule has 1 amide bonds. The zero-order valence-electron chi connectivity index (χ0n) is 17.0. The van der Waals surface area contributed by atoms with E-state index in [-0.39, 0.29) is 11.4 Å². The molecule has 0 radical (unpaired) electrons. The summed E-state index contributed by atoms with van der Waals surface area (Å²) in [6.45, 7) is 0. The number of aromatic nitrogens is 1. The number of benzene rings is 1. The molecule has 4 aliphatic carbocycles. The van der Waals surface area contributed by atoms with Gasteiger partial charge in [0, 0.05) is 16.9 Å². The number of carbonyl (C=O) groups excluding carboxylic acids is 1. The molecule has 29 heavy (non-hydrogen) atoms. The van der Waals surface area contributed by atoms with Gasteiger partial charge in [-0.25, -0.2) is 4.98 Å². The van der Waals surface area contributed by atoms with Gasteiger partial charge in [0.15, 0.2) is 0 Å². The van der Waals surface area contributed by atoms with Gasteiger partial charge < -0.3 is 10.6 Å². The molecule has 0 unspecified atom stereocenters. The number of pyridine rings is 1. The van der Waals surface area contributed by atoms with Gasteiger partial charge in [-0.2, -0.15) is 11.8 Å². The average Bonchev–Trinajstić information content (AvgIpc) is 2.69. The van der Waals surface area contributed by atoms with Crippen LogP contribution in [0.25, 0.3) is 0 Å². The predicted molar refractivity (Wildman–Crippen MR) is 120 cm³/mol. The van der Waals surface area contributed by atoms with Crippen molar-refractivity contribution in [1.82, 2.24) is 4.98 Å². The maximum atomic E-state index is 12.5. The normalized spacial score (nSPS) is 29.6. The highest BCUT2D eigenvalue weighted by Gasteiger charge is 2.51. The summed E-state index contributed by atoms with van der Waals surface area (Å²) in [6.07, 6.45) is 12.1. The third-order valence-electron chi connectivity index (χ3n) is 6.98. The van der Waals surface area contributed by atoms with Gasteiger partial charge in [0.2, 0.25) is 0 Å². The fraction of sp³-hybridized carbons (Fsp3) is 0.500. The number of rotatable bonds is 6. The summed E-state index contributed by atoms with van der Waals surface area (Å²) >= 11 is 1.78. The summed E-state index contributed by atoms with van der Waals surface area (Å²) in [5.74, 6) is 4.54. The molecule has 0 atom stereocenters. The number of amides is 1. The fourth-order valence-corrected chi connectivity index (χ4v) is 6.73. The van der Waals surface area contributed by atoms with Crippen LogP contribution in [0.4, 0.5) is 11.5 Å². The highest BCUT2D eigenvalue weighted by molar-refractivity contribution is 7.97. The molecule has 0 spiro atoms. The predicted octanol–water partition coefficient (Wildman–Crippen LogP) is 5.58. The molecule has 4 saturated carbocycles. The Morgan fingerprint density at radius 3 is 2.24 bits per heavy atom. The molecule has 1 aromatic heterocycles. The Balaban J connectivity index is 1.22. The van der Waals surface area contributed by atoms with Crippen LogP contribution in [0, 0.1) is 17.8 Å². The summed E-state index contributed by atoms with van der Waals surface area (Å²) in [4.78, 5) is 17.1. The van der Waals surface area contributed by atoms with Crippen LogP contribution in [0.1, 0.15) is 54.4 Å². The van der Waals surface area contributed by atoms with E-state index in [4.69, 9.17) is 0 Å². The van der Waals surface area contributed by atoms with E-state index in [2.05, 4.69) is 21.9 Å². The van der Waals surface area contributed by atoms with Gasteiger partial charge in [-0.15, -0.1) is 0 Å². The molecule has 4 aliphatic rings. The highest BCUT2D eigenvalue weighted by atomic mass is 32.2. The molecule has 2 N–H and O–H groups in total. The number of nitrogens with zero attached hydrogens (tertiary/aromatic N) is 1. The molecule has 0 saturated heterocycles. The van der Waals surface area contributed by atoms with Crippen LogP contribution in [0.5, 0.6) is 0 Å². The van der Waals surface area contributed by atoms with Gasteiger partial charge in [-0.05, 0) is 92.4 Å². The van der Waals surface area contributed by atoms with Crippen LogP contribution in [0.2, 0.25) is 0 Å². The standard InChI is InChI=1S/C24H29N3OS/c1-29-15-16-2-4-20(5-3-16)23(28)26-21-6-7-22(25-14-21)27-24-11-17-8-18(12-24)10-19(9-17)13-24/h2-7,14,17-19H,8-13,15H2,1H3,(H,25,27)(H,26,28). The van der Waals surface area contributed by atoms with Crippen molar-refractivity contribution in [3.63, 3.8) is 0 Å². The van der Waals surface area contributed by atoms with Gasteiger partial charge >= 0.3 is 0 Å². The summed E-state index contributed by atoms with van der Waals surface area (Å²) in [6, 6.07) is 11.8. The van der Waals surface area contributed by atoms with E-state index < -0.39 is 0 Å². The molecule has 4 nitrogen and oxygen atoms in total. The zero-order chi connectivity index (χ0) is 19.8. The Bertz CT molecular complexity index is 843. The van der Waals surface area contributed by atoms with E-state index >= 15 is 0 Å². The second-order valence-electron chi connectivity index (χ2n) is 9.34. The van der Waals surface area contributed by atoms with Crippen LogP contribution in [-0.4, -0.2) is 22.7 Å². The van der Waals surface area contributed by atoms with Crippen molar-refractivity contribution in [1.29, 1.82) is 0 Å². The van der Waals surface area contributed by atoms with E-state index in [0.717, 1.165) is 35.0 Å². The van der Waals surface area contributed by atoms with Gasteiger partial charge in [-0.1, -0.05) is 12.1 Å². The van der Waals surface area contributed by atoms with Crippen molar-refractivity contribution in [2.24, 2.45) is 17.8 Å². The number of hydrogen-bond acceptors (Lipinski definition) is 4. The Hall–Kier alpha value is -2.01. The SMILES string of the molecule is CSCc1ccc(C(=O)Nc2ccc(NC34CC5CC(CC(C5)C3)C4)nc2)cc1. The maximum Gasteiger partial charge on any atom is 0.255 e. The molecule has 152 valence electrons. The van der Waals surface area contributed by atoms with Crippen molar-refractivity contribution in [2.75, 3.05) is 16.9 Å². The van der Waals surface area contributed by atoms with E-state index in [1.54, 1.807) is 18.0 Å².